The zero-order chi connectivity index (χ0) is 19.8. The molecule has 0 fully saturated rings. The molecule has 1 amide bonds. The molecular formula is C20H15F3N2O3. The molecule has 0 spiro atoms. The number of anilines is 1. The van der Waals surface area contributed by atoms with E-state index in [1.54, 1.807) is 6.07 Å². The summed E-state index contributed by atoms with van der Waals surface area (Å²) in [7, 11) is 0. The lowest BCUT2D eigenvalue weighted by Gasteiger charge is -2.06. The quantitative estimate of drug-likeness (QED) is 0.679. The van der Waals surface area contributed by atoms with Crippen LogP contribution in [0.25, 0.3) is 11.3 Å². The van der Waals surface area contributed by atoms with Crippen LogP contribution in [-0.2, 0) is 17.6 Å². The summed E-state index contributed by atoms with van der Waals surface area (Å²) >= 11 is 0. The minimum absolute atomic E-state index is 0.121. The smallest absolute Gasteiger partial charge is 0.230 e. The lowest BCUT2D eigenvalue weighted by Crippen LogP contribution is -2.16. The number of aromatic nitrogens is 1. The third-order valence-corrected chi connectivity index (χ3v) is 4.39. The third kappa shape index (κ3) is 3.45. The fourth-order valence-electron chi connectivity index (χ4n) is 3.09. The highest BCUT2D eigenvalue weighted by Gasteiger charge is 2.21. The molecule has 0 aliphatic carbocycles. The predicted octanol–water partition coefficient (Wildman–Crippen LogP) is 4.26. The molecule has 144 valence electrons. The molecule has 1 aliphatic rings. The Hall–Kier alpha value is -3.29. The van der Waals surface area contributed by atoms with Crippen molar-refractivity contribution in [2.45, 2.75) is 25.9 Å². The van der Waals surface area contributed by atoms with Gasteiger partial charge in [-0.2, -0.15) is 0 Å². The van der Waals surface area contributed by atoms with Crippen LogP contribution in [0.4, 0.5) is 18.9 Å². The molecule has 5 nitrogen and oxygen atoms in total. The molecule has 28 heavy (non-hydrogen) atoms. The summed E-state index contributed by atoms with van der Waals surface area (Å²) in [6, 6.07) is 8.92. The molecule has 1 unspecified atom stereocenters. The lowest BCUT2D eigenvalue weighted by atomic mass is 10.1. The van der Waals surface area contributed by atoms with Gasteiger partial charge in [-0.15, -0.1) is 0 Å². The van der Waals surface area contributed by atoms with Crippen LogP contribution in [0.1, 0.15) is 18.2 Å². The van der Waals surface area contributed by atoms with Crippen molar-refractivity contribution < 1.29 is 27.2 Å². The molecule has 0 saturated carbocycles. The van der Waals surface area contributed by atoms with Gasteiger partial charge in [0.05, 0.1) is 17.8 Å². The molecule has 8 heteroatoms. The molecule has 0 bridgehead atoms. The molecule has 0 radical (unpaired) electrons. The highest BCUT2D eigenvalue weighted by atomic mass is 19.2. The van der Waals surface area contributed by atoms with Gasteiger partial charge in [0.25, 0.3) is 0 Å². The van der Waals surface area contributed by atoms with E-state index in [1.165, 1.54) is 0 Å². The molecule has 1 N–H and O–H groups in total. The van der Waals surface area contributed by atoms with E-state index in [0.717, 1.165) is 35.4 Å². The largest absolute Gasteiger partial charge is 0.490 e. The van der Waals surface area contributed by atoms with E-state index in [2.05, 4.69) is 10.5 Å². The van der Waals surface area contributed by atoms with Gasteiger partial charge in [0.15, 0.2) is 23.2 Å². The van der Waals surface area contributed by atoms with E-state index in [-0.39, 0.29) is 12.5 Å². The number of halogens is 3. The van der Waals surface area contributed by atoms with Crippen molar-refractivity contribution in [3.8, 4) is 17.1 Å². The lowest BCUT2D eigenvalue weighted by molar-refractivity contribution is -0.115. The number of hydrogen-bond acceptors (Lipinski definition) is 4. The predicted molar refractivity (Wildman–Crippen MR) is 94.4 cm³/mol. The third-order valence-electron chi connectivity index (χ3n) is 4.39. The fourth-order valence-corrected chi connectivity index (χ4v) is 3.09. The van der Waals surface area contributed by atoms with E-state index in [4.69, 9.17) is 9.26 Å². The second kappa shape index (κ2) is 7.03. The Bertz CT molecular complexity index is 1060. The maximum atomic E-state index is 13.6. The molecular weight excluding hydrogens is 373 g/mol. The van der Waals surface area contributed by atoms with Crippen molar-refractivity contribution in [2.75, 3.05) is 5.32 Å². The maximum absolute atomic E-state index is 13.6. The summed E-state index contributed by atoms with van der Waals surface area (Å²) in [4.78, 5) is 12.1. The second-order valence-electron chi connectivity index (χ2n) is 6.59. The minimum atomic E-state index is -1.64. The van der Waals surface area contributed by atoms with Crippen molar-refractivity contribution in [1.82, 2.24) is 5.16 Å². The standard InChI is InChI=1S/C20H15F3N2O3/c1-10-6-12-7-11(2-5-16(12)27-10)17-8-13(25-28-17)9-18(26)24-15-4-3-14(21)19(22)20(15)23/h2-5,7-8,10H,6,9H2,1H3,(H,24,26). The van der Waals surface area contributed by atoms with Gasteiger partial charge in [-0.1, -0.05) is 5.16 Å². The van der Waals surface area contributed by atoms with E-state index in [9.17, 15) is 18.0 Å². The van der Waals surface area contributed by atoms with Crippen molar-refractivity contribution in [1.29, 1.82) is 0 Å². The Balaban J connectivity index is 1.46. The van der Waals surface area contributed by atoms with Crippen LogP contribution in [0, 0.1) is 17.5 Å². The van der Waals surface area contributed by atoms with Gasteiger partial charge < -0.3 is 14.6 Å². The van der Waals surface area contributed by atoms with Crippen LogP contribution < -0.4 is 10.1 Å². The number of benzene rings is 2. The maximum Gasteiger partial charge on any atom is 0.230 e. The van der Waals surface area contributed by atoms with Gasteiger partial charge in [0.1, 0.15) is 11.9 Å². The Morgan fingerprint density at radius 1 is 1.18 bits per heavy atom. The monoisotopic (exact) mass is 388 g/mol. The van der Waals surface area contributed by atoms with Crippen molar-refractivity contribution in [3.05, 3.63) is 65.1 Å². The van der Waals surface area contributed by atoms with Gasteiger partial charge >= 0.3 is 0 Å². The summed E-state index contributed by atoms with van der Waals surface area (Å²) in [6.07, 6.45) is 0.704. The van der Waals surface area contributed by atoms with E-state index >= 15 is 0 Å². The first-order valence-electron chi connectivity index (χ1n) is 8.59. The van der Waals surface area contributed by atoms with Crippen molar-refractivity contribution >= 4 is 11.6 Å². The average Bonchev–Trinajstić information content (AvgIpc) is 3.27. The molecule has 2 aromatic carbocycles. The first kappa shape index (κ1) is 18.1. The molecule has 1 atom stereocenters. The normalized spacial score (nSPS) is 15.2. The van der Waals surface area contributed by atoms with Gasteiger partial charge in [-0.3, -0.25) is 4.79 Å². The number of hydrogen-bond donors (Lipinski definition) is 1. The first-order valence-corrected chi connectivity index (χ1v) is 8.59. The molecule has 1 aromatic heterocycles. The zero-order valence-corrected chi connectivity index (χ0v) is 14.8. The topological polar surface area (TPSA) is 64.4 Å². The summed E-state index contributed by atoms with van der Waals surface area (Å²) < 4.78 is 50.8. The van der Waals surface area contributed by atoms with Gasteiger partial charge in [-0.25, -0.2) is 13.2 Å². The number of carbonyl (C=O) groups excluding carboxylic acids is 1. The Kier molecular flexibility index (Phi) is 4.54. The minimum Gasteiger partial charge on any atom is -0.490 e. The van der Waals surface area contributed by atoms with E-state index in [1.807, 2.05) is 25.1 Å². The van der Waals surface area contributed by atoms with Crippen molar-refractivity contribution in [3.63, 3.8) is 0 Å². The molecule has 1 aliphatic heterocycles. The summed E-state index contributed by atoms with van der Waals surface area (Å²) in [5.41, 5.74) is 1.73. The number of rotatable bonds is 4. The highest BCUT2D eigenvalue weighted by Crippen LogP contribution is 2.33. The number of carbonyl (C=O) groups is 1. The Morgan fingerprint density at radius 2 is 2.00 bits per heavy atom. The number of nitrogens with zero attached hydrogens (tertiary/aromatic N) is 1. The molecule has 2 heterocycles. The first-order chi connectivity index (χ1) is 13.4. The molecule has 0 saturated heterocycles. The number of fused-ring (bicyclic) bond motifs is 1. The van der Waals surface area contributed by atoms with Crippen LogP contribution in [0.15, 0.2) is 40.9 Å². The van der Waals surface area contributed by atoms with E-state index < -0.39 is 29.0 Å². The van der Waals surface area contributed by atoms with Crippen LogP contribution in [0.2, 0.25) is 0 Å². The summed E-state index contributed by atoms with van der Waals surface area (Å²) in [5, 5.41) is 6.04. The van der Waals surface area contributed by atoms with Crippen LogP contribution >= 0.6 is 0 Å². The van der Waals surface area contributed by atoms with Gasteiger partial charge in [0.2, 0.25) is 5.91 Å². The van der Waals surface area contributed by atoms with E-state index in [0.29, 0.717) is 11.5 Å². The summed E-state index contributed by atoms with van der Waals surface area (Å²) in [6.45, 7) is 1.99. The van der Waals surface area contributed by atoms with Crippen LogP contribution in [0.5, 0.6) is 5.75 Å². The van der Waals surface area contributed by atoms with Crippen LogP contribution in [0.3, 0.4) is 0 Å². The number of nitrogens with one attached hydrogen (secondary N) is 1. The number of amides is 1. The van der Waals surface area contributed by atoms with Gasteiger partial charge in [-0.05, 0) is 42.8 Å². The fraction of sp³-hybridized carbons (Fsp3) is 0.200. The molecule has 4 rings (SSSR count). The molecule has 3 aromatic rings. The van der Waals surface area contributed by atoms with Gasteiger partial charge in [0, 0.05) is 18.1 Å². The second-order valence-corrected chi connectivity index (χ2v) is 6.59. The SMILES string of the molecule is CC1Cc2cc(-c3cc(CC(=O)Nc4ccc(F)c(F)c4F)no3)ccc2O1. The number of ether oxygens (including phenoxy) is 1. The average molecular weight is 388 g/mol. The summed E-state index contributed by atoms with van der Waals surface area (Å²) in [5.74, 6) is -3.75. The zero-order valence-electron chi connectivity index (χ0n) is 14.8. The Morgan fingerprint density at radius 3 is 2.82 bits per heavy atom. The van der Waals surface area contributed by atoms with Crippen LogP contribution in [-0.4, -0.2) is 17.2 Å². The highest BCUT2D eigenvalue weighted by molar-refractivity contribution is 5.92. The Labute approximate surface area is 158 Å². The van der Waals surface area contributed by atoms with Crippen molar-refractivity contribution in [2.24, 2.45) is 0 Å².